The molecule has 0 N–H and O–H groups in total. The molecule has 0 radical (unpaired) electrons. The third-order valence-corrected chi connectivity index (χ3v) is 3.69. The zero-order valence-electron chi connectivity index (χ0n) is 8.75. The van der Waals surface area contributed by atoms with Crippen LogP contribution in [-0.4, -0.2) is 25.3 Å². The Balaban J connectivity index is 0.000000288. The van der Waals surface area contributed by atoms with E-state index >= 15 is 0 Å². The summed E-state index contributed by atoms with van der Waals surface area (Å²) in [6.45, 7) is 2.01. The van der Waals surface area contributed by atoms with Crippen molar-refractivity contribution in [1.29, 1.82) is 0 Å². The van der Waals surface area contributed by atoms with E-state index in [2.05, 4.69) is 19.5 Å². The highest BCUT2D eigenvalue weighted by Crippen LogP contribution is 2.13. The van der Waals surface area contributed by atoms with Crippen molar-refractivity contribution in [2.24, 2.45) is 7.05 Å². The predicted molar refractivity (Wildman–Crippen MR) is 55.7 cm³/mol. The van der Waals surface area contributed by atoms with Gasteiger partial charge in [-0.15, -0.1) is 0 Å². The highest BCUT2D eigenvalue weighted by atomic mass is 32.2. The molecule has 0 fully saturated rings. The van der Waals surface area contributed by atoms with Crippen LogP contribution in [0.4, 0.5) is 0 Å². The highest BCUT2D eigenvalue weighted by Gasteiger charge is 2.11. The maximum Gasteiger partial charge on any atom is 0.311 e. The molecule has 0 aliphatic rings. The molecule has 6 nitrogen and oxygen atoms in total. The Bertz CT molecular complexity index is 401. The lowest BCUT2D eigenvalue weighted by Gasteiger charge is -1.97. The van der Waals surface area contributed by atoms with Gasteiger partial charge in [0.25, 0.3) is 14.5 Å². The number of nitrogens with zero attached hydrogens (tertiary/aromatic N) is 2. The molecule has 0 aliphatic carbocycles. The van der Waals surface area contributed by atoms with Crippen LogP contribution >= 0.6 is 23.3 Å². The summed E-state index contributed by atoms with van der Waals surface area (Å²) in [7, 11) is -1.69. The van der Waals surface area contributed by atoms with Crippen LogP contribution in [-0.2, 0) is 21.5 Å². The number of rotatable bonds is 2. The summed E-state index contributed by atoms with van der Waals surface area (Å²) in [4.78, 5) is 0. The minimum Gasteiger partial charge on any atom is -0.707 e. The lowest BCUT2D eigenvalue weighted by atomic mass is 10.7. The summed E-state index contributed by atoms with van der Waals surface area (Å²) in [6, 6.07) is 0. The van der Waals surface area contributed by atoms with Gasteiger partial charge in [0.05, 0.1) is 13.3 Å². The normalized spacial score (nSPS) is 10.7. The summed E-state index contributed by atoms with van der Waals surface area (Å²) in [5.74, 6) is 1.09. The molecule has 88 valence electrons. The monoisotopic (exact) mass is 272 g/mol. The molecule has 9 heteroatoms. The van der Waals surface area contributed by atoms with Crippen LogP contribution in [0.15, 0.2) is 4.34 Å². The molecule has 0 amide bonds. The molecule has 0 saturated heterocycles. The number of thioether (sulfide) groups is 1. The van der Waals surface area contributed by atoms with Crippen molar-refractivity contribution < 1.29 is 22.6 Å². The Kier molecular flexibility index (Phi) is 6.29. The molecule has 0 saturated carbocycles. The van der Waals surface area contributed by atoms with E-state index in [4.69, 9.17) is 5.26 Å². The van der Waals surface area contributed by atoms with Gasteiger partial charge in [0, 0.05) is 11.3 Å². The molecular formula is C6H12N2O4S3. The average Bonchev–Trinajstić information content (AvgIpc) is 2.47. The van der Waals surface area contributed by atoms with E-state index < -0.39 is 10.1 Å². The fourth-order valence-corrected chi connectivity index (χ4v) is 1.94. The van der Waals surface area contributed by atoms with Gasteiger partial charge in [-0.3, -0.25) is 0 Å². The van der Waals surface area contributed by atoms with Gasteiger partial charge in [-0.1, -0.05) is 11.8 Å². The Morgan fingerprint density at radius 2 is 2.07 bits per heavy atom. The smallest absolute Gasteiger partial charge is 0.311 e. The minimum atomic E-state index is -3.72. The molecule has 1 heterocycles. The number of hydrogen-bond donors (Lipinski definition) is 0. The first-order valence-electron chi connectivity index (χ1n) is 3.69. The Labute approximate surface area is 97.1 Å². The fourth-order valence-electron chi connectivity index (χ4n) is 0.534. The molecule has 15 heavy (non-hydrogen) atoms. The third kappa shape index (κ3) is 6.05. The number of hydrogen-bond acceptors (Lipinski definition) is 7. The maximum atomic E-state index is 9.47. The van der Waals surface area contributed by atoms with E-state index in [1.54, 1.807) is 23.3 Å². The predicted octanol–water partition coefficient (Wildman–Crippen LogP) is -0.764. The van der Waals surface area contributed by atoms with Crippen LogP contribution in [0.1, 0.15) is 5.82 Å². The van der Waals surface area contributed by atoms with Crippen LogP contribution in [0.5, 0.6) is 0 Å². The molecule has 1 aromatic heterocycles. The SMILES string of the molecule is CS(=O)(=O)O[O-].CSc1snc(C)[n+]1C. The molecule has 0 unspecified atom stereocenters. The minimum absolute atomic E-state index is 0.681. The van der Waals surface area contributed by atoms with Crippen LogP contribution in [0.2, 0.25) is 0 Å². The average molecular weight is 272 g/mol. The first-order valence-corrected chi connectivity index (χ1v) is 7.51. The lowest BCUT2D eigenvalue weighted by molar-refractivity contribution is -0.709. The van der Waals surface area contributed by atoms with Crippen LogP contribution in [0.25, 0.3) is 0 Å². The quantitative estimate of drug-likeness (QED) is 0.304. The molecule has 0 atom stereocenters. The first-order chi connectivity index (χ1) is 6.81. The summed E-state index contributed by atoms with van der Waals surface area (Å²) >= 11 is 3.29. The Morgan fingerprint density at radius 3 is 2.20 bits per heavy atom. The van der Waals surface area contributed by atoms with Gasteiger partial charge < -0.3 is 9.59 Å². The van der Waals surface area contributed by atoms with Gasteiger partial charge in [-0.05, 0) is 6.26 Å². The van der Waals surface area contributed by atoms with E-state index in [0.29, 0.717) is 6.26 Å². The standard InChI is InChI=1S/C5H9N2S2.CH4O4S/c1-4-6-9-5(8-3)7(4)2;1-6(3,4)5-2/h1-3H3;2H,1H3/q+1;/p-1. The summed E-state index contributed by atoms with van der Waals surface area (Å²) in [5.41, 5.74) is 0. The third-order valence-electron chi connectivity index (χ3n) is 1.31. The van der Waals surface area contributed by atoms with E-state index in [9.17, 15) is 8.42 Å². The van der Waals surface area contributed by atoms with Gasteiger partial charge >= 0.3 is 5.82 Å². The molecule has 0 aromatic carbocycles. The van der Waals surface area contributed by atoms with Gasteiger partial charge in [-0.25, -0.2) is 13.0 Å². The van der Waals surface area contributed by atoms with Gasteiger partial charge in [0.1, 0.15) is 11.5 Å². The Hall–Kier alpha value is -0.220. The zero-order chi connectivity index (χ0) is 12.1. The van der Waals surface area contributed by atoms with Crippen molar-refractivity contribution in [3.8, 4) is 0 Å². The highest BCUT2D eigenvalue weighted by molar-refractivity contribution is 8.00. The fraction of sp³-hybridized carbons (Fsp3) is 0.667. The summed E-state index contributed by atoms with van der Waals surface area (Å²) in [5, 5.41) is 8.86. The van der Waals surface area contributed by atoms with Crippen molar-refractivity contribution >= 4 is 33.4 Å². The zero-order valence-corrected chi connectivity index (χ0v) is 11.2. The molecule has 1 rings (SSSR count). The lowest BCUT2D eigenvalue weighted by Crippen LogP contribution is -2.31. The van der Waals surface area contributed by atoms with Crippen molar-refractivity contribution in [1.82, 2.24) is 4.37 Å². The van der Waals surface area contributed by atoms with E-state index in [1.165, 1.54) is 4.34 Å². The molecule has 1 aromatic rings. The van der Waals surface area contributed by atoms with Crippen molar-refractivity contribution in [2.75, 3.05) is 12.5 Å². The van der Waals surface area contributed by atoms with Crippen LogP contribution < -0.4 is 9.82 Å². The van der Waals surface area contributed by atoms with Gasteiger partial charge in [-0.2, -0.15) is 0 Å². The van der Waals surface area contributed by atoms with Crippen LogP contribution in [0.3, 0.4) is 0 Å². The Morgan fingerprint density at radius 1 is 1.60 bits per heavy atom. The second-order valence-corrected chi connectivity index (χ2v) is 5.88. The largest absolute Gasteiger partial charge is 0.707 e. The van der Waals surface area contributed by atoms with E-state index in [-0.39, 0.29) is 0 Å². The molecule has 0 aliphatic heterocycles. The molecule has 0 spiro atoms. The van der Waals surface area contributed by atoms with Crippen molar-refractivity contribution in [3.63, 3.8) is 0 Å². The first kappa shape index (κ1) is 14.8. The number of aryl methyl sites for hydroxylation is 1. The maximum absolute atomic E-state index is 9.47. The topological polar surface area (TPSA) is 83.2 Å². The van der Waals surface area contributed by atoms with Gasteiger partial charge in [0.2, 0.25) is 0 Å². The van der Waals surface area contributed by atoms with E-state index in [1.807, 2.05) is 14.0 Å². The molecule has 0 bridgehead atoms. The summed E-state index contributed by atoms with van der Waals surface area (Å²) in [6.07, 6.45) is 2.74. The van der Waals surface area contributed by atoms with Crippen LogP contribution in [0, 0.1) is 6.92 Å². The van der Waals surface area contributed by atoms with Gasteiger partial charge in [0.15, 0.2) is 0 Å². The van der Waals surface area contributed by atoms with Crippen molar-refractivity contribution in [3.05, 3.63) is 5.82 Å². The van der Waals surface area contributed by atoms with E-state index in [0.717, 1.165) is 5.82 Å². The molecular weight excluding hydrogens is 260 g/mol. The second kappa shape index (κ2) is 6.38. The number of aromatic nitrogens is 2. The summed E-state index contributed by atoms with van der Waals surface area (Å²) < 4.78 is 29.1. The second-order valence-electron chi connectivity index (χ2n) is 2.53. The van der Waals surface area contributed by atoms with Crippen molar-refractivity contribution in [2.45, 2.75) is 11.3 Å².